The molecule has 1 aliphatic rings. The largest absolute Gasteiger partial charge is 0.490 e. The number of hydrazone groups is 1. The Morgan fingerprint density at radius 1 is 1.14 bits per heavy atom. The van der Waals surface area contributed by atoms with Crippen LogP contribution in [-0.2, 0) is 9.53 Å². The molecule has 0 saturated carbocycles. The number of hydrogen-bond acceptors (Lipinski definition) is 10. The van der Waals surface area contributed by atoms with E-state index >= 15 is 0 Å². The Morgan fingerprint density at radius 2 is 1.88 bits per heavy atom. The third-order valence-corrected chi connectivity index (χ3v) is 6.07. The summed E-state index contributed by atoms with van der Waals surface area (Å²) in [7, 11) is 1.27. The molecule has 0 bridgehead atoms. The van der Waals surface area contributed by atoms with Crippen LogP contribution < -0.4 is 35.0 Å². The number of carbonyl (C=O) groups excluding carboxylic acids is 2. The molecule has 12 nitrogen and oxygen atoms in total. The summed E-state index contributed by atoms with van der Waals surface area (Å²) in [5.74, 6) is 0.985. The fourth-order valence-corrected chi connectivity index (χ4v) is 4.30. The molecule has 0 radical (unpaired) electrons. The number of rotatable bonds is 15. The average molecular weight is 603 g/mol. The van der Waals surface area contributed by atoms with Crippen molar-refractivity contribution in [1.82, 2.24) is 16.1 Å². The summed E-state index contributed by atoms with van der Waals surface area (Å²) in [6.07, 6.45) is 1.90. The van der Waals surface area contributed by atoms with E-state index in [1.807, 2.05) is 6.92 Å². The summed E-state index contributed by atoms with van der Waals surface area (Å²) in [5.41, 5.74) is 4.43. The lowest BCUT2D eigenvalue weighted by atomic mass is 9.95. The Hall–Kier alpha value is -4.42. The van der Waals surface area contributed by atoms with E-state index in [2.05, 4.69) is 27.7 Å². The number of carbonyl (C=O) groups is 2. The number of urea groups is 1. The van der Waals surface area contributed by atoms with Crippen LogP contribution in [0.1, 0.15) is 37.9 Å². The molecule has 4 N–H and O–H groups in total. The van der Waals surface area contributed by atoms with E-state index < -0.39 is 24.3 Å². The molecule has 42 heavy (non-hydrogen) atoms. The topological polar surface area (TPSA) is 149 Å². The van der Waals surface area contributed by atoms with E-state index in [0.29, 0.717) is 58.1 Å². The van der Waals surface area contributed by atoms with Gasteiger partial charge in [0.1, 0.15) is 13.2 Å². The van der Waals surface area contributed by atoms with Crippen LogP contribution in [0.25, 0.3) is 0 Å². The number of nitrogens with one attached hydrogen (secondary N) is 3. The lowest BCUT2D eigenvalue weighted by molar-refractivity contribution is -0.136. The summed E-state index contributed by atoms with van der Waals surface area (Å²) in [4.78, 5) is 24.5. The molecular weight excluding hydrogens is 568 g/mol. The molecule has 2 atom stereocenters. The Bertz CT molecular complexity index is 1350. The van der Waals surface area contributed by atoms with Crippen LogP contribution in [-0.4, -0.2) is 63.1 Å². The van der Waals surface area contributed by atoms with E-state index in [-0.39, 0.29) is 18.8 Å². The van der Waals surface area contributed by atoms with Crippen molar-refractivity contribution in [1.29, 1.82) is 0 Å². The van der Waals surface area contributed by atoms with Crippen LogP contribution in [0.2, 0.25) is 5.02 Å². The molecule has 0 aliphatic carbocycles. The fraction of sp³-hybridized carbons (Fsp3) is 0.345. The predicted molar refractivity (Wildman–Crippen MR) is 157 cm³/mol. The number of halogens is 1. The standard InChI is InChI=1S/C29H35ClN4O8/c1-6-11-41-27-20(30)12-18(13-23(27)40-8-3)15-31-34-24(35)16-42-21-10-9-19(14-22(21)39-7-2)26-25(28(36)38-5)17(4)32-29(37)33-26/h6,9-10,12-15,24,26,34-35H,1,7-8,11,16H2,2-5H3,(H2,32,33,37)/b31-15-/t24-,26-/m1/s1. The lowest BCUT2D eigenvalue weighted by Crippen LogP contribution is -2.45. The number of aliphatic hydroxyl groups is 1. The average Bonchev–Trinajstić information content (AvgIpc) is 2.95. The van der Waals surface area contributed by atoms with Gasteiger partial charge in [-0.1, -0.05) is 30.3 Å². The Morgan fingerprint density at radius 3 is 2.57 bits per heavy atom. The van der Waals surface area contributed by atoms with Gasteiger partial charge in [0.2, 0.25) is 0 Å². The lowest BCUT2D eigenvalue weighted by Gasteiger charge is -2.28. The van der Waals surface area contributed by atoms with Crippen molar-refractivity contribution in [3.8, 4) is 23.0 Å². The maximum absolute atomic E-state index is 12.4. The molecule has 13 heteroatoms. The van der Waals surface area contributed by atoms with E-state index in [1.165, 1.54) is 13.3 Å². The van der Waals surface area contributed by atoms with Crippen molar-refractivity contribution >= 4 is 29.8 Å². The third-order valence-electron chi connectivity index (χ3n) is 5.79. The van der Waals surface area contributed by atoms with Gasteiger partial charge in [0, 0.05) is 5.70 Å². The highest BCUT2D eigenvalue weighted by atomic mass is 35.5. The highest BCUT2D eigenvalue weighted by molar-refractivity contribution is 6.32. The number of aliphatic hydroxyl groups excluding tert-OH is 1. The Kier molecular flexibility index (Phi) is 11.9. The smallest absolute Gasteiger partial charge is 0.337 e. The van der Waals surface area contributed by atoms with Gasteiger partial charge in [-0.25, -0.2) is 9.59 Å². The summed E-state index contributed by atoms with van der Waals surface area (Å²) in [5, 5.41) is 20.1. The van der Waals surface area contributed by atoms with Crippen molar-refractivity contribution in [2.24, 2.45) is 5.10 Å². The summed E-state index contributed by atoms with van der Waals surface area (Å²) >= 11 is 6.36. The van der Waals surface area contributed by atoms with Crippen molar-refractivity contribution in [3.63, 3.8) is 0 Å². The van der Waals surface area contributed by atoms with E-state index in [0.717, 1.165) is 0 Å². The van der Waals surface area contributed by atoms with Gasteiger partial charge in [0.15, 0.2) is 29.2 Å². The highest BCUT2D eigenvalue weighted by Gasteiger charge is 2.32. The van der Waals surface area contributed by atoms with Crippen molar-refractivity contribution in [2.75, 3.05) is 33.5 Å². The van der Waals surface area contributed by atoms with Crippen molar-refractivity contribution < 1.29 is 38.4 Å². The zero-order valence-electron chi connectivity index (χ0n) is 23.9. The Labute approximate surface area is 249 Å². The first-order chi connectivity index (χ1) is 20.2. The second kappa shape index (κ2) is 15.5. The molecular formula is C29H35ClN4O8. The monoisotopic (exact) mass is 602 g/mol. The molecule has 2 aromatic carbocycles. The highest BCUT2D eigenvalue weighted by Crippen LogP contribution is 2.37. The van der Waals surface area contributed by atoms with Gasteiger partial charge in [-0.3, -0.25) is 5.43 Å². The van der Waals surface area contributed by atoms with Gasteiger partial charge < -0.3 is 39.4 Å². The summed E-state index contributed by atoms with van der Waals surface area (Å²) in [6.45, 7) is 9.74. The zero-order valence-corrected chi connectivity index (χ0v) is 24.6. The van der Waals surface area contributed by atoms with Crippen LogP contribution in [0.3, 0.4) is 0 Å². The molecule has 0 unspecified atom stereocenters. The number of allylic oxidation sites excluding steroid dienone is 1. The number of nitrogens with zero attached hydrogens (tertiary/aromatic N) is 1. The van der Waals surface area contributed by atoms with Gasteiger partial charge >= 0.3 is 12.0 Å². The second-order valence-electron chi connectivity index (χ2n) is 8.78. The van der Waals surface area contributed by atoms with Crippen molar-refractivity contribution in [3.05, 3.63) is 70.4 Å². The van der Waals surface area contributed by atoms with E-state index in [4.69, 9.17) is 35.3 Å². The first-order valence-corrected chi connectivity index (χ1v) is 13.5. The number of benzene rings is 2. The molecule has 226 valence electrons. The maximum atomic E-state index is 12.4. The van der Waals surface area contributed by atoms with Gasteiger partial charge in [-0.05, 0) is 56.2 Å². The maximum Gasteiger partial charge on any atom is 0.337 e. The third kappa shape index (κ3) is 8.30. The van der Waals surface area contributed by atoms with Crippen LogP contribution in [0, 0.1) is 0 Å². The van der Waals surface area contributed by atoms with Crippen LogP contribution in [0.15, 0.2) is 59.4 Å². The minimum atomic E-state index is -1.17. The molecule has 0 spiro atoms. The summed E-state index contributed by atoms with van der Waals surface area (Å²) < 4.78 is 27.6. The molecule has 2 aromatic rings. The molecule has 1 heterocycles. The molecule has 0 fully saturated rings. The first-order valence-electron chi connectivity index (χ1n) is 13.1. The van der Waals surface area contributed by atoms with E-state index in [1.54, 1.807) is 50.3 Å². The van der Waals surface area contributed by atoms with Gasteiger partial charge in [-0.15, -0.1) is 0 Å². The number of methoxy groups -OCH3 is 1. The summed E-state index contributed by atoms with van der Waals surface area (Å²) in [6, 6.07) is 7.12. The molecule has 0 aromatic heterocycles. The number of esters is 1. The quantitative estimate of drug-likeness (QED) is 0.0784. The predicted octanol–water partition coefficient (Wildman–Crippen LogP) is 3.82. The minimum absolute atomic E-state index is 0.174. The van der Waals surface area contributed by atoms with Gasteiger partial charge in [-0.2, -0.15) is 5.10 Å². The van der Waals surface area contributed by atoms with E-state index in [9.17, 15) is 14.7 Å². The zero-order chi connectivity index (χ0) is 30.6. The second-order valence-corrected chi connectivity index (χ2v) is 9.18. The molecule has 3 rings (SSSR count). The van der Waals surface area contributed by atoms with Crippen LogP contribution >= 0.6 is 11.6 Å². The Balaban J connectivity index is 1.69. The van der Waals surface area contributed by atoms with Gasteiger partial charge in [0.25, 0.3) is 0 Å². The number of amides is 2. The van der Waals surface area contributed by atoms with Gasteiger partial charge in [0.05, 0.1) is 43.2 Å². The molecule has 2 amide bonds. The normalized spacial score (nSPS) is 15.4. The van der Waals surface area contributed by atoms with Crippen LogP contribution in [0.5, 0.6) is 23.0 Å². The minimum Gasteiger partial charge on any atom is -0.490 e. The van der Waals surface area contributed by atoms with Crippen LogP contribution in [0.4, 0.5) is 4.79 Å². The molecule has 0 saturated heterocycles. The number of ether oxygens (including phenoxy) is 5. The molecule has 1 aliphatic heterocycles. The van der Waals surface area contributed by atoms with Crippen molar-refractivity contribution in [2.45, 2.75) is 33.0 Å². The first kappa shape index (κ1) is 32.1. The SMILES string of the molecule is C=CCOc1c(Cl)cc(/C=N\N[C@H](O)COc2ccc([C@H]3NC(=O)NC(C)=C3C(=O)OC)cc2OCC)cc1OCC. The fourth-order valence-electron chi connectivity index (χ4n) is 4.03. The number of hydrogen-bond donors (Lipinski definition) is 4.